The van der Waals surface area contributed by atoms with E-state index >= 15 is 0 Å². The summed E-state index contributed by atoms with van der Waals surface area (Å²) in [5.41, 5.74) is 1.89. The van der Waals surface area contributed by atoms with Crippen LogP contribution in [0.1, 0.15) is 11.1 Å². The first-order valence-electron chi connectivity index (χ1n) is 7.48. The van der Waals surface area contributed by atoms with Gasteiger partial charge in [-0.15, -0.1) is 0 Å². The van der Waals surface area contributed by atoms with Gasteiger partial charge in [-0.3, -0.25) is 5.21 Å². The number of aliphatic imine (C=N–C) groups is 2. The summed E-state index contributed by atoms with van der Waals surface area (Å²) in [7, 11) is 0. The molecule has 0 bridgehead atoms. The summed E-state index contributed by atoms with van der Waals surface area (Å²) in [6.45, 7) is 0. The van der Waals surface area contributed by atoms with E-state index in [9.17, 15) is 10.5 Å². The van der Waals surface area contributed by atoms with Crippen LogP contribution in [0.4, 0.5) is 0 Å². The van der Waals surface area contributed by atoms with Gasteiger partial charge in [0.05, 0.1) is 17.5 Å². The molecule has 2 heterocycles. The summed E-state index contributed by atoms with van der Waals surface area (Å²) in [5, 5.41) is 20.7. The van der Waals surface area contributed by atoms with Crippen LogP contribution in [0.2, 0.25) is 0 Å². The predicted octanol–water partition coefficient (Wildman–Crippen LogP) is 3.10. The fourth-order valence-corrected chi connectivity index (χ4v) is 3.50. The third kappa shape index (κ3) is 3.94. The summed E-state index contributed by atoms with van der Waals surface area (Å²) in [5.74, 6) is 1.16. The predicted molar refractivity (Wildman–Crippen MR) is 103 cm³/mol. The van der Waals surface area contributed by atoms with Gasteiger partial charge in [0.25, 0.3) is 0 Å². The first-order chi connectivity index (χ1) is 12.2. The standard InChI is InChI=1S/C18H12N4O2S.K.H/c19-9-13-8-12(6-7-16(13)24-14-4-2-1-3-5-14)17-21-15-10-20-11-22(23)18(15)25-17;;/h1-8,10-11,18,23H;;. The van der Waals surface area contributed by atoms with Gasteiger partial charge in [0.1, 0.15) is 29.0 Å². The molecule has 2 aliphatic rings. The molecular weight excluding hydrogens is 375 g/mol. The van der Waals surface area contributed by atoms with E-state index in [-0.39, 0.29) is 56.8 Å². The summed E-state index contributed by atoms with van der Waals surface area (Å²) >= 11 is 1.40. The fourth-order valence-electron chi connectivity index (χ4n) is 2.47. The van der Waals surface area contributed by atoms with Crippen LogP contribution in [0.25, 0.3) is 0 Å². The Morgan fingerprint density at radius 2 is 2.00 bits per heavy atom. The average Bonchev–Trinajstić information content (AvgIpc) is 3.09. The second kappa shape index (κ2) is 8.50. The molecule has 2 aromatic carbocycles. The number of benzene rings is 2. The SMILES string of the molecule is N#Cc1cc(C2=NC3=CN=CN(O)C3S2)ccc1Oc1ccccc1.[KH]. The second-order valence-electron chi connectivity index (χ2n) is 5.32. The molecule has 0 spiro atoms. The van der Waals surface area contributed by atoms with Crippen LogP contribution in [0.3, 0.4) is 0 Å². The molecule has 1 N–H and O–H groups in total. The van der Waals surface area contributed by atoms with Gasteiger partial charge in [0, 0.05) is 5.56 Å². The molecule has 1 unspecified atom stereocenters. The zero-order valence-electron chi connectivity index (χ0n) is 12.9. The first kappa shape index (κ1) is 19.3. The van der Waals surface area contributed by atoms with Crippen LogP contribution in [0, 0.1) is 11.3 Å². The Hall–Kier alpha value is -1.44. The molecule has 0 amide bonds. The molecule has 0 fully saturated rings. The zero-order chi connectivity index (χ0) is 17.2. The molecule has 2 aliphatic heterocycles. The molecule has 2 aromatic rings. The van der Waals surface area contributed by atoms with E-state index in [0.717, 1.165) is 15.7 Å². The van der Waals surface area contributed by atoms with Crippen molar-refractivity contribution in [3.8, 4) is 17.6 Å². The van der Waals surface area contributed by atoms with E-state index in [1.807, 2.05) is 36.4 Å². The van der Waals surface area contributed by atoms with Gasteiger partial charge >= 0.3 is 51.4 Å². The summed E-state index contributed by atoms with van der Waals surface area (Å²) in [6, 6.07) is 16.8. The van der Waals surface area contributed by atoms with Crippen molar-refractivity contribution in [1.82, 2.24) is 5.06 Å². The van der Waals surface area contributed by atoms with Gasteiger partial charge in [-0.1, -0.05) is 30.0 Å². The van der Waals surface area contributed by atoms with Crippen LogP contribution >= 0.6 is 11.8 Å². The quantitative estimate of drug-likeness (QED) is 0.817. The third-order valence-corrected chi connectivity index (χ3v) is 4.89. The van der Waals surface area contributed by atoms with E-state index in [1.165, 1.54) is 18.1 Å². The van der Waals surface area contributed by atoms with Crippen LogP contribution in [-0.2, 0) is 0 Å². The molecule has 26 heavy (non-hydrogen) atoms. The molecule has 4 rings (SSSR count). The third-order valence-electron chi connectivity index (χ3n) is 3.66. The Morgan fingerprint density at radius 3 is 2.73 bits per heavy atom. The van der Waals surface area contributed by atoms with Gasteiger partial charge in [-0.05, 0) is 30.3 Å². The van der Waals surface area contributed by atoms with Gasteiger partial charge in [0.2, 0.25) is 0 Å². The molecule has 8 heteroatoms. The first-order valence-corrected chi connectivity index (χ1v) is 8.36. The number of rotatable bonds is 3. The maximum absolute atomic E-state index is 9.83. The van der Waals surface area contributed by atoms with E-state index in [2.05, 4.69) is 16.1 Å². The zero-order valence-corrected chi connectivity index (χ0v) is 13.7. The molecule has 0 saturated heterocycles. The van der Waals surface area contributed by atoms with Crippen molar-refractivity contribution >= 4 is 74.5 Å². The van der Waals surface area contributed by atoms with Crippen molar-refractivity contribution in [3.05, 3.63) is 71.6 Å². The van der Waals surface area contributed by atoms with Crippen molar-refractivity contribution in [2.45, 2.75) is 5.37 Å². The Labute approximate surface area is 197 Å². The van der Waals surface area contributed by atoms with Crippen molar-refractivity contribution in [2.75, 3.05) is 0 Å². The minimum absolute atomic E-state index is 0. The van der Waals surface area contributed by atoms with Crippen molar-refractivity contribution < 1.29 is 9.94 Å². The number of thioether (sulfide) groups is 1. The van der Waals surface area contributed by atoms with Gasteiger partial charge in [0.15, 0.2) is 5.37 Å². The molecule has 0 aliphatic carbocycles. The van der Waals surface area contributed by atoms with Gasteiger partial charge in [-0.25, -0.2) is 15.0 Å². The molecule has 6 nitrogen and oxygen atoms in total. The molecule has 0 radical (unpaired) electrons. The number of nitrogens with zero attached hydrogens (tertiary/aromatic N) is 4. The van der Waals surface area contributed by atoms with E-state index in [1.54, 1.807) is 18.3 Å². The molecule has 124 valence electrons. The Kier molecular flexibility index (Phi) is 6.31. The minimum atomic E-state index is -0.307. The number of para-hydroxylation sites is 1. The van der Waals surface area contributed by atoms with Crippen molar-refractivity contribution in [2.24, 2.45) is 9.98 Å². The number of ether oxygens (including phenoxy) is 1. The normalized spacial score (nSPS) is 17.5. The number of hydrogen-bond donors (Lipinski definition) is 1. The van der Waals surface area contributed by atoms with Gasteiger partial charge in [-0.2, -0.15) is 5.26 Å². The van der Waals surface area contributed by atoms with Crippen LogP contribution in [0.15, 0.2) is 70.4 Å². The molecule has 0 saturated carbocycles. The number of hydroxylamine groups is 2. The summed E-state index contributed by atoms with van der Waals surface area (Å²) < 4.78 is 5.78. The van der Waals surface area contributed by atoms with Crippen LogP contribution < -0.4 is 4.74 Å². The van der Waals surface area contributed by atoms with Gasteiger partial charge < -0.3 is 4.74 Å². The summed E-state index contributed by atoms with van der Waals surface area (Å²) in [4.78, 5) is 8.41. The maximum atomic E-state index is 9.83. The van der Waals surface area contributed by atoms with Crippen molar-refractivity contribution in [3.63, 3.8) is 0 Å². The Balaban J connectivity index is 0.00000196. The van der Waals surface area contributed by atoms with Crippen molar-refractivity contribution in [1.29, 1.82) is 5.26 Å². The van der Waals surface area contributed by atoms with E-state index in [4.69, 9.17) is 4.74 Å². The topological polar surface area (TPSA) is 81.2 Å². The fraction of sp³-hybridized carbons (Fsp3) is 0.0556. The van der Waals surface area contributed by atoms with E-state index in [0.29, 0.717) is 22.8 Å². The molecular formula is C18H13KN4O2S. The number of nitriles is 1. The number of hydrogen-bond acceptors (Lipinski definition) is 7. The van der Waals surface area contributed by atoms with Crippen LogP contribution in [-0.4, -0.2) is 78.4 Å². The monoisotopic (exact) mass is 388 g/mol. The Morgan fingerprint density at radius 1 is 1.19 bits per heavy atom. The molecule has 1 atom stereocenters. The number of fused-ring (bicyclic) bond motifs is 1. The van der Waals surface area contributed by atoms with Crippen LogP contribution in [0.5, 0.6) is 11.5 Å². The average molecular weight is 388 g/mol. The molecule has 0 aromatic heterocycles. The second-order valence-corrected chi connectivity index (χ2v) is 6.39. The Bertz CT molecular complexity index is 953. The van der Waals surface area contributed by atoms with E-state index < -0.39 is 0 Å². The summed E-state index contributed by atoms with van der Waals surface area (Å²) in [6.07, 6.45) is 2.96.